The fraction of sp³-hybridized carbons (Fsp3) is 0.350. The zero-order chi connectivity index (χ0) is 17.2. The number of carbonyl (C=O) groups is 1. The van der Waals surface area contributed by atoms with Crippen molar-refractivity contribution in [1.82, 2.24) is 0 Å². The highest BCUT2D eigenvalue weighted by Gasteiger charge is 2.31. The maximum atomic E-state index is 13.1. The standard InChI is InChI=1S/C20H21NO4/c1-14-6-2-3-8-16(14)21(20(22)18-10-5-11-23-18)12-15-7-4-9-17-19(15)25-13-24-17/h2-4,6-9,18H,5,10-13H2,1H3. The minimum absolute atomic E-state index is 0.00307. The summed E-state index contributed by atoms with van der Waals surface area (Å²) in [5, 5.41) is 0. The van der Waals surface area contributed by atoms with E-state index in [2.05, 4.69) is 0 Å². The van der Waals surface area contributed by atoms with Gasteiger partial charge in [0.15, 0.2) is 11.5 Å². The zero-order valence-corrected chi connectivity index (χ0v) is 14.2. The molecule has 0 aliphatic carbocycles. The lowest BCUT2D eigenvalue weighted by molar-refractivity contribution is -0.127. The van der Waals surface area contributed by atoms with Gasteiger partial charge in [0.2, 0.25) is 6.79 Å². The Hall–Kier alpha value is -2.53. The number of hydrogen-bond acceptors (Lipinski definition) is 4. The lowest BCUT2D eigenvalue weighted by atomic mass is 10.1. The van der Waals surface area contributed by atoms with Gasteiger partial charge in [-0.1, -0.05) is 30.3 Å². The Morgan fingerprint density at radius 1 is 1.16 bits per heavy atom. The predicted octanol–water partition coefficient (Wildman–Crippen LogP) is 3.44. The Morgan fingerprint density at radius 3 is 2.84 bits per heavy atom. The summed E-state index contributed by atoms with van der Waals surface area (Å²) in [5.74, 6) is 1.45. The first-order chi connectivity index (χ1) is 12.2. The van der Waals surface area contributed by atoms with Crippen LogP contribution in [0.1, 0.15) is 24.0 Å². The second kappa shape index (κ2) is 6.76. The molecule has 4 rings (SSSR count). The highest BCUT2D eigenvalue weighted by atomic mass is 16.7. The van der Waals surface area contributed by atoms with E-state index in [0.29, 0.717) is 13.2 Å². The molecule has 2 heterocycles. The molecule has 5 nitrogen and oxygen atoms in total. The first-order valence-electron chi connectivity index (χ1n) is 8.60. The third-order valence-corrected chi connectivity index (χ3v) is 4.68. The summed E-state index contributed by atoms with van der Waals surface area (Å²) in [6.45, 7) is 3.31. The molecule has 1 fully saturated rings. The quantitative estimate of drug-likeness (QED) is 0.856. The van der Waals surface area contributed by atoms with Crippen LogP contribution in [0.15, 0.2) is 42.5 Å². The average Bonchev–Trinajstić information content (AvgIpc) is 3.31. The number of amides is 1. The molecule has 1 atom stereocenters. The summed E-state index contributed by atoms with van der Waals surface area (Å²) < 4.78 is 16.7. The van der Waals surface area contributed by atoms with Gasteiger partial charge < -0.3 is 19.1 Å². The number of para-hydroxylation sites is 2. The Kier molecular flexibility index (Phi) is 4.32. The summed E-state index contributed by atoms with van der Waals surface area (Å²) in [6, 6.07) is 13.7. The van der Waals surface area contributed by atoms with Gasteiger partial charge in [-0.05, 0) is 37.5 Å². The molecule has 25 heavy (non-hydrogen) atoms. The molecule has 0 aromatic heterocycles. The molecule has 0 radical (unpaired) electrons. The molecule has 5 heteroatoms. The molecule has 1 unspecified atom stereocenters. The number of nitrogens with zero attached hydrogens (tertiary/aromatic N) is 1. The minimum Gasteiger partial charge on any atom is -0.454 e. The van der Waals surface area contributed by atoms with Crippen molar-refractivity contribution in [1.29, 1.82) is 0 Å². The minimum atomic E-state index is -0.367. The van der Waals surface area contributed by atoms with Crippen LogP contribution in [0, 0.1) is 6.92 Å². The van der Waals surface area contributed by atoms with E-state index in [1.165, 1.54) is 0 Å². The smallest absolute Gasteiger partial charge is 0.256 e. The van der Waals surface area contributed by atoms with Crippen LogP contribution in [0.2, 0.25) is 0 Å². The van der Waals surface area contributed by atoms with Gasteiger partial charge in [0.25, 0.3) is 5.91 Å². The predicted molar refractivity (Wildman–Crippen MR) is 93.9 cm³/mol. The van der Waals surface area contributed by atoms with Gasteiger partial charge in [-0.3, -0.25) is 4.79 Å². The van der Waals surface area contributed by atoms with Crippen molar-refractivity contribution in [3.8, 4) is 11.5 Å². The lowest BCUT2D eigenvalue weighted by Crippen LogP contribution is -2.39. The van der Waals surface area contributed by atoms with E-state index in [1.807, 2.05) is 54.3 Å². The summed E-state index contributed by atoms with van der Waals surface area (Å²) in [4.78, 5) is 14.9. The van der Waals surface area contributed by atoms with E-state index in [-0.39, 0.29) is 18.8 Å². The highest BCUT2D eigenvalue weighted by molar-refractivity contribution is 5.97. The van der Waals surface area contributed by atoms with Crippen molar-refractivity contribution in [2.45, 2.75) is 32.4 Å². The molecule has 1 amide bonds. The first kappa shape index (κ1) is 16.0. The second-order valence-corrected chi connectivity index (χ2v) is 6.36. The molecule has 130 valence electrons. The summed E-state index contributed by atoms with van der Waals surface area (Å²) in [5.41, 5.74) is 2.89. The van der Waals surface area contributed by atoms with Crippen molar-refractivity contribution in [3.63, 3.8) is 0 Å². The van der Waals surface area contributed by atoms with Gasteiger partial charge in [-0.2, -0.15) is 0 Å². The van der Waals surface area contributed by atoms with Gasteiger partial charge in [-0.25, -0.2) is 0 Å². The Bertz CT molecular complexity index is 783. The topological polar surface area (TPSA) is 48.0 Å². The zero-order valence-electron chi connectivity index (χ0n) is 14.2. The Balaban J connectivity index is 1.69. The van der Waals surface area contributed by atoms with E-state index in [4.69, 9.17) is 14.2 Å². The van der Waals surface area contributed by atoms with Crippen LogP contribution in [-0.2, 0) is 16.1 Å². The summed E-state index contributed by atoms with van der Waals surface area (Å²) in [6.07, 6.45) is 1.33. The molecule has 0 N–H and O–H groups in total. The van der Waals surface area contributed by atoms with Gasteiger partial charge in [0.05, 0.1) is 6.54 Å². The third kappa shape index (κ3) is 3.07. The Morgan fingerprint density at radius 2 is 2.04 bits per heavy atom. The number of anilines is 1. The van der Waals surface area contributed by atoms with Crippen LogP contribution in [0.5, 0.6) is 11.5 Å². The molecule has 2 aromatic rings. The molecule has 0 spiro atoms. The van der Waals surface area contributed by atoms with Crippen LogP contribution in [0.4, 0.5) is 5.69 Å². The average molecular weight is 339 g/mol. The van der Waals surface area contributed by atoms with E-state index in [9.17, 15) is 4.79 Å². The van der Waals surface area contributed by atoms with E-state index in [1.54, 1.807) is 0 Å². The van der Waals surface area contributed by atoms with Crippen molar-refractivity contribution < 1.29 is 19.0 Å². The number of fused-ring (bicyclic) bond motifs is 1. The number of ether oxygens (including phenoxy) is 3. The van der Waals surface area contributed by atoms with Crippen LogP contribution < -0.4 is 14.4 Å². The van der Waals surface area contributed by atoms with Gasteiger partial charge >= 0.3 is 0 Å². The molecule has 2 aliphatic rings. The fourth-order valence-electron chi connectivity index (χ4n) is 3.38. The fourth-order valence-corrected chi connectivity index (χ4v) is 3.38. The van der Waals surface area contributed by atoms with E-state index < -0.39 is 0 Å². The van der Waals surface area contributed by atoms with Crippen LogP contribution >= 0.6 is 0 Å². The number of benzene rings is 2. The van der Waals surface area contributed by atoms with Crippen molar-refractivity contribution >= 4 is 11.6 Å². The number of rotatable bonds is 4. The number of hydrogen-bond donors (Lipinski definition) is 0. The van der Waals surface area contributed by atoms with Crippen molar-refractivity contribution in [3.05, 3.63) is 53.6 Å². The molecule has 2 aliphatic heterocycles. The van der Waals surface area contributed by atoms with Crippen molar-refractivity contribution in [2.75, 3.05) is 18.3 Å². The number of aryl methyl sites for hydroxylation is 1. The monoisotopic (exact) mass is 339 g/mol. The summed E-state index contributed by atoms with van der Waals surface area (Å²) in [7, 11) is 0. The van der Waals surface area contributed by atoms with E-state index in [0.717, 1.165) is 41.2 Å². The van der Waals surface area contributed by atoms with Gasteiger partial charge in [-0.15, -0.1) is 0 Å². The third-order valence-electron chi connectivity index (χ3n) is 4.68. The first-order valence-corrected chi connectivity index (χ1v) is 8.60. The molecule has 2 aromatic carbocycles. The SMILES string of the molecule is Cc1ccccc1N(Cc1cccc2c1OCO2)C(=O)C1CCCO1. The lowest BCUT2D eigenvalue weighted by Gasteiger charge is -2.27. The molecule has 0 bridgehead atoms. The largest absolute Gasteiger partial charge is 0.454 e. The van der Waals surface area contributed by atoms with Gasteiger partial charge in [0.1, 0.15) is 6.10 Å². The van der Waals surface area contributed by atoms with Gasteiger partial charge in [0, 0.05) is 17.9 Å². The Labute approximate surface area is 147 Å². The maximum absolute atomic E-state index is 13.1. The normalized spacial score (nSPS) is 18.4. The maximum Gasteiger partial charge on any atom is 0.256 e. The number of carbonyl (C=O) groups excluding carboxylic acids is 1. The molecular weight excluding hydrogens is 318 g/mol. The van der Waals surface area contributed by atoms with Crippen LogP contribution in [-0.4, -0.2) is 25.4 Å². The highest BCUT2D eigenvalue weighted by Crippen LogP contribution is 2.37. The molecule has 1 saturated heterocycles. The summed E-state index contributed by atoms with van der Waals surface area (Å²) >= 11 is 0. The van der Waals surface area contributed by atoms with Crippen molar-refractivity contribution in [2.24, 2.45) is 0 Å². The van der Waals surface area contributed by atoms with Crippen LogP contribution in [0.25, 0.3) is 0 Å². The molecule has 0 saturated carbocycles. The van der Waals surface area contributed by atoms with Crippen LogP contribution in [0.3, 0.4) is 0 Å². The second-order valence-electron chi connectivity index (χ2n) is 6.36. The van der Waals surface area contributed by atoms with E-state index >= 15 is 0 Å². The molecular formula is C20H21NO4.